The maximum atomic E-state index is 12.9. The molecule has 0 aromatic carbocycles. The molecular weight excluding hydrogens is 275 g/mol. The molecule has 0 spiro atoms. The van der Waals surface area contributed by atoms with E-state index in [2.05, 4.69) is 5.92 Å². The quantitative estimate of drug-likeness (QED) is 0.805. The molecule has 0 radical (unpaired) electrons. The van der Waals surface area contributed by atoms with Crippen LogP contribution in [-0.4, -0.2) is 41.1 Å². The summed E-state index contributed by atoms with van der Waals surface area (Å²) in [5, 5.41) is 8.70. The first-order chi connectivity index (χ1) is 9.27. The summed E-state index contributed by atoms with van der Waals surface area (Å²) in [5.41, 5.74) is 0. The molecule has 1 aliphatic carbocycles. The van der Waals surface area contributed by atoms with Gasteiger partial charge in [-0.1, -0.05) is 18.8 Å². The second-order valence-corrected chi connectivity index (χ2v) is 4.83. The summed E-state index contributed by atoms with van der Waals surface area (Å²) in [6.45, 7) is -0.976. The highest BCUT2D eigenvalue weighted by Crippen LogP contribution is 2.42. The first-order valence-electron chi connectivity index (χ1n) is 6.28. The van der Waals surface area contributed by atoms with Gasteiger partial charge in [0.25, 0.3) is 0 Å². The normalized spacial score (nSPS) is 22.9. The van der Waals surface area contributed by atoms with Crippen molar-refractivity contribution in [2.75, 3.05) is 13.1 Å². The van der Waals surface area contributed by atoms with Crippen molar-refractivity contribution in [2.45, 2.75) is 31.9 Å². The second-order valence-electron chi connectivity index (χ2n) is 4.83. The maximum absolute atomic E-state index is 12.9. The molecule has 1 rings (SSSR count). The number of carbonyl (C=O) groups is 2. The molecule has 1 fully saturated rings. The number of rotatable bonds is 4. The number of alkyl halides is 3. The van der Waals surface area contributed by atoms with E-state index < -0.39 is 36.4 Å². The van der Waals surface area contributed by atoms with E-state index >= 15 is 0 Å². The Morgan fingerprint density at radius 1 is 1.30 bits per heavy atom. The van der Waals surface area contributed by atoms with Crippen LogP contribution in [0.3, 0.4) is 0 Å². The minimum absolute atomic E-state index is 0.100. The Balaban J connectivity index is 2.90. The van der Waals surface area contributed by atoms with Crippen molar-refractivity contribution < 1.29 is 27.9 Å². The summed E-state index contributed by atoms with van der Waals surface area (Å²) >= 11 is 0. The summed E-state index contributed by atoms with van der Waals surface area (Å²) < 4.78 is 38.8. The summed E-state index contributed by atoms with van der Waals surface area (Å²) in [4.78, 5) is 23.6. The zero-order chi connectivity index (χ0) is 15.3. The zero-order valence-electron chi connectivity index (χ0n) is 10.8. The van der Waals surface area contributed by atoms with Crippen LogP contribution in [0.15, 0.2) is 0 Å². The maximum Gasteiger partial charge on any atom is 0.392 e. The van der Waals surface area contributed by atoms with E-state index in [4.69, 9.17) is 11.5 Å². The molecule has 1 N–H and O–H groups in total. The Labute approximate surface area is 114 Å². The third kappa shape index (κ3) is 4.15. The molecular formula is C13H16F3NO3. The Hall–Kier alpha value is -1.71. The molecule has 0 aromatic rings. The number of terminal acetylenes is 1. The van der Waals surface area contributed by atoms with Crippen LogP contribution in [-0.2, 0) is 9.59 Å². The Morgan fingerprint density at radius 3 is 2.40 bits per heavy atom. The van der Waals surface area contributed by atoms with Crippen molar-refractivity contribution in [2.24, 2.45) is 11.8 Å². The third-order valence-electron chi connectivity index (χ3n) is 3.42. The number of hydrogen-bond acceptors (Lipinski definition) is 2. The van der Waals surface area contributed by atoms with Crippen LogP contribution in [0.25, 0.3) is 0 Å². The molecule has 0 aromatic heterocycles. The third-order valence-corrected chi connectivity index (χ3v) is 3.42. The fourth-order valence-corrected chi connectivity index (χ4v) is 2.54. The van der Waals surface area contributed by atoms with Crippen molar-refractivity contribution in [1.82, 2.24) is 4.90 Å². The van der Waals surface area contributed by atoms with Gasteiger partial charge in [0, 0.05) is 5.92 Å². The van der Waals surface area contributed by atoms with Gasteiger partial charge in [0.05, 0.1) is 12.5 Å². The SMILES string of the molecule is C#CCN(CC(=O)O)C(=O)C1CCCCC1C(F)(F)F. The average molecular weight is 291 g/mol. The van der Waals surface area contributed by atoms with E-state index in [9.17, 15) is 22.8 Å². The summed E-state index contributed by atoms with van der Waals surface area (Å²) in [7, 11) is 0. The van der Waals surface area contributed by atoms with Gasteiger partial charge in [0.1, 0.15) is 6.54 Å². The number of amides is 1. The van der Waals surface area contributed by atoms with Gasteiger partial charge in [-0.3, -0.25) is 9.59 Å². The highest BCUT2D eigenvalue weighted by atomic mass is 19.4. The van der Waals surface area contributed by atoms with Crippen molar-refractivity contribution in [3.8, 4) is 12.3 Å². The van der Waals surface area contributed by atoms with E-state index in [-0.39, 0.29) is 19.4 Å². The minimum atomic E-state index is -4.45. The summed E-state index contributed by atoms with van der Waals surface area (Å²) in [6, 6.07) is 0. The van der Waals surface area contributed by atoms with Crippen molar-refractivity contribution in [3.63, 3.8) is 0 Å². The highest BCUT2D eigenvalue weighted by Gasteiger charge is 2.48. The molecule has 0 saturated heterocycles. The van der Waals surface area contributed by atoms with Crippen LogP contribution >= 0.6 is 0 Å². The minimum Gasteiger partial charge on any atom is -0.480 e. The molecule has 7 heteroatoms. The Morgan fingerprint density at radius 2 is 1.90 bits per heavy atom. The van der Waals surface area contributed by atoms with E-state index in [0.717, 1.165) is 4.90 Å². The lowest BCUT2D eigenvalue weighted by atomic mass is 9.78. The molecule has 112 valence electrons. The highest BCUT2D eigenvalue weighted by molar-refractivity contribution is 5.83. The molecule has 1 saturated carbocycles. The summed E-state index contributed by atoms with van der Waals surface area (Å²) in [6.07, 6.45) is 1.54. The molecule has 0 heterocycles. The molecule has 1 amide bonds. The lowest BCUT2D eigenvalue weighted by Gasteiger charge is -2.34. The fourth-order valence-electron chi connectivity index (χ4n) is 2.54. The van der Waals surface area contributed by atoms with Gasteiger partial charge in [0.2, 0.25) is 5.91 Å². The van der Waals surface area contributed by atoms with Gasteiger partial charge in [-0.25, -0.2) is 0 Å². The number of halogens is 3. The number of aliphatic carboxylic acids is 1. The van der Waals surface area contributed by atoms with Crippen LogP contribution in [0, 0.1) is 24.2 Å². The first kappa shape index (κ1) is 16.3. The molecule has 20 heavy (non-hydrogen) atoms. The van der Waals surface area contributed by atoms with Gasteiger partial charge < -0.3 is 10.0 Å². The number of nitrogens with zero attached hydrogens (tertiary/aromatic N) is 1. The van der Waals surface area contributed by atoms with Gasteiger partial charge in [-0.2, -0.15) is 13.2 Å². The largest absolute Gasteiger partial charge is 0.480 e. The number of carboxylic acid groups (broad SMARTS) is 1. The van der Waals surface area contributed by atoms with Gasteiger partial charge in [0.15, 0.2) is 0 Å². The Kier molecular flexibility index (Phi) is 5.43. The molecule has 1 aliphatic rings. The number of carbonyl (C=O) groups excluding carboxylic acids is 1. The van der Waals surface area contributed by atoms with Crippen molar-refractivity contribution in [1.29, 1.82) is 0 Å². The predicted molar refractivity (Wildman–Crippen MR) is 64.6 cm³/mol. The first-order valence-corrected chi connectivity index (χ1v) is 6.28. The van der Waals surface area contributed by atoms with Crippen LogP contribution < -0.4 is 0 Å². The number of hydrogen-bond donors (Lipinski definition) is 1. The van der Waals surface area contributed by atoms with Crippen LogP contribution in [0.5, 0.6) is 0 Å². The van der Waals surface area contributed by atoms with Crippen LogP contribution in [0.4, 0.5) is 13.2 Å². The predicted octanol–water partition coefficient (Wildman–Crippen LogP) is 1.90. The number of carboxylic acids is 1. The molecule has 0 bridgehead atoms. The van der Waals surface area contributed by atoms with E-state index in [1.165, 1.54) is 0 Å². The molecule has 2 unspecified atom stereocenters. The smallest absolute Gasteiger partial charge is 0.392 e. The van der Waals surface area contributed by atoms with Crippen molar-refractivity contribution in [3.05, 3.63) is 0 Å². The van der Waals surface area contributed by atoms with E-state index in [1.807, 2.05) is 0 Å². The van der Waals surface area contributed by atoms with Crippen molar-refractivity contribution >= 4 is 11.9 Å². The second kappa shape index (κ2) is 6.64. The van der Waals surface area contributed by atoms with Gasteiger partial charge in [-0.15, -0.1) is 6.42 Å². The lowest BCUT2D eigenvalue weighted by Crippen LogP contribution is -2.46. The van der Waals surface area contributed by atoms with Crippen LogP contribution in [0.1, 0.15) is 25.7 Å². The molecule has 0 aliphatic heterocycles. The standard InChI is InChI=1S/C13H16F3NO3/c1-2-7-17(8-11(18)19)12(20)9-5-3-4-6-10(9)13(14,15)16/h1,9-10H,3-8H2,(H,18,19). The lowest BCUT2D eigenvalue weighted by molar-refractivity contribution is -0.200. The topological polar surface area (TPSA) is 57.6 Å². The van der Waals surface area contributed by atoms with E-state index in [1.54, 1.807) is 0 Å². The molecule has 4 nitrogen and oxygen atoms in total. The Bertz CT molecular complexity index is 414. The van der Waals surface area contributed by atoms with E-state index in [0.29, 0.717) is 12.8 Å². The van der Waals surface area contributed by atoms with Gasteiger partial charge >= 0.3 is 12.1 Å². The van der Waals surface area contributed by atoms with Gasteiger partial charge in [-0.05, 0) is 12.8 Å². The monoisotopic (exact) mass is 291 g/mol. The average Bonchev–Trinajstić information content (AvgIpc) is 2.36. The molecule has 2 atom stereocenters. The summed E-state index contributed by atoms with van der Waals surface area (Å²) in [5.74, 6) is -2.94. The zero-order valence-corrected chi connectivity index (χ0v) is 10.8. The van der Waals surface area contributed by atoms with Crippen LogP contribution in [0.2, 0.25) is 0 Å². The fraction of sp³-hybridized carbons (Fsp3) is 0.692.